The summed E-state index contributed by atoms with van der Waals surface area (Å²) in [5, 5.41) is 0.302. The summed E-state index contributed by atoms with van der Waals surface area (Å²) in [6, 6.07) is 4.32. The highest BCUT2D eigenvalue weighted by Crippen LogP contribution is 2.34. The van der Waals surface area contributed by atoms with Crippen molar-refractivity contribution in [3.8, 4) is 0 Å². The lowest BCUT2D eigenvalue weighted by Crippen LogP contribution is -2.41. The second kappa shape index (κ2) is 8.06. The number of anilines is 1. The molecule has 32 heavy (non-hydrogen) atoms. The molecule has 7 nitrogen and oxygen atoms in total. The molecule has 0 atom stereocenters. The molecule has 5 rings (SSSR count). The number of piperidine rings is 1. The van der Waals surface area contributed by atoms with Crippen molar-refractivity contribution in [2.24, 2.45) is 0 Å². The second-order valence-corrected chi connectivity index (χ2v) is 9.48. The lowest BCUT2D eigenvalue weighted by atomic mass is 10.1. The van der Waals surface area contributed by atoms with Crippen LogP contribution in [0.2, 0.25) is 5.02 Å². The molecule has 1 aromatic carbocycles. The maximum atomic E-state index is 14.7. The minimum absolute atomic E-state index is 0.0735. The molecule has 0 amide bonds. The first kappa shape index (κ1) is 21.2. The molecule has 2 aromatic heterocycles. The zero-order valence-electron chi connectivity index (χ0n) is 18.4. The van der Waals surface area contributed by atoms with Crippen molar-refractivity contribution >= 4 is 28.7 Å². The number of hydrogen-bond donors (Lipinski definition) is 0. The highest BCUT2D eigenvalue weighted by molar-refractivity contribution is 6.31. The van der Waals surface area contributed by atoms with Crippen molar-refractivity contribution in [1.29, 1.82) is 0 Å². The molecule has 3 heterocycles. The van der Waals surface area contributed by atoms with Gasteiger partial charge in [-0.1, -0.05) is 17.7 Å². The molecule has 3 aromatic rings. The first-order valence-electron chi connectivity index (χ1n) is 11.3. The molecular weight excluding hydrogens is 433 g/mol. The van der Waals surface area contributed by atoms with E-state index >= 15 is 0 Å². The lowest BCUT2D eigenvalue weighted by molar-refractivity contribution is 0.527. The van der Waals surface area contributed by atoms with Crippen molar-refractivity contribution in [3.05, 3.63) is 55.4 Å². The van der Waals surface area contributed by atoms with E-state index in [1.165, 1.54) is 10.6 Å². The van der Waals surface area contributed by atoms with Crippen LogP contribution in [0.25, 0.3) is 11.2 Å². The van der Waals surface area contributed by atoms with E-state index in [-0.39, 0.29) is 29.9 Å². The molecule has 0 unspecified atom stereocenters. The van der Waals surface area contributed by atoms with Gasteiger partial charge in [-0.05, 0) is 58.1 Å². The van der Waals surface area contributed by atoms with Crippen molar-refractivity contribution in [1.82, 2.24) is 18.7 Å². The molecule has 1 aliphatic carbocycles. The van der Waals surface area contributed by atoms with Gasteiger partial charge in [0, 0.05) is 35.8 Å². The minimum Gasteiger partial charge on any atom is -0.342 e. The van der Waals surface area contributed by atoms with E-state index in [9.17, 15) is 14.0 Å². The maximum Gasteiger partial charge on any atom is 0.333 e. The van der Waals surface area contributed by atoms with Crippen molar-refractivity contribution in [3.63, 3.8) is 0 Å². The third kappa shape index (κ3) is 3.45. The Morgan fingerprint density at radius 2 is 1.88 bits per heavy atom. The van der Waals surface area contributed by atoms with Gasteiger partial charge in [0.05, 0.1) is 6.54 Å². The molecule has 0 bridgehead atoms. The van der Waals surface area contributed by atoms with Crippen LogP contribution in [0.3, 0.4) is 0 Å². The molecule has 1 aliphatic heterocycles. The van der Waals surface area contributed by atoms with E-state index in [0.29, 0.717) is 27.7 Å². The normalized spacial score (nSPS) is 17.0. The Kier molecular flexibility index (Phi) is 5.35. The number of halogens is 2. The van der Waals surface area contributed by atoms with Crippen LogP contribution in [0.4, 0.5) is 10.3 Å². The Hall–Kier alpha value is -2.61. The zero-order valence-corrected chi connectivity index (χ0v) is 19.1. The fraction of sp³-hybridized carbons (Fsp3) is 0.522. The number of fused-ring (bicyclic) bond motifs is 1. The summed E-state index contributed by atoms with van der Waals surface area (Å²) in [5.74, 6) is 0.169. The molecule has 0 N–H and O–H groups in total. The minimum atomic E-state index is -0.427. The molecule has 2 fully saturated rings. The fourth-order valence-corrected chi connectivity index (χ4v) is 4.88. The van der Waals surface area contributed by atoms with Gasteiger partial charge in [0.15, 0.2) is 11.2 Å². The van der Waals surface area contributed by atoms with Gasteiger partial charge in [-0.2, -0.15) is 4.98 Å². The number of benzene rings is 1. The van der Waals surface area contributed by atoms with Crippen LogP contribution in [-0.4, -0.2) is 31.8 Å². The topological polar surface area (TPSA) is 65.1 Å². The third-order valence-electron chi connectivity index (χ3n) is 6.44. The molecule has 0 radical (unpaired) electrons. The van der Waals surface area contributed by atoms with Crippen LogP contribution in [0.1, 0.15) is 63.6 Å². The Bertz CT molecular complexity index is 1280. The number of imidazole rings is 1. The summed E-state index contributed by atoms with van der Waals surface area (Å²) < 4.78 is 19.5. The monoisotopic (exact) mass is 459 g/mol. The van der Waals surface area contributed by atoms with Gasteiger partial charge in [0.1, 0.15) is 5.82 Å². The zero-order chi connectivity index (χ0) is 22.6. The molecule has 170 valence electrons. The predicted octanol–water partition coefficient (Wildman–Crippen LogP) is 4.11. The number of rotatable bonds is 5. The summed E-state index contributed by atoms with van der Waals surface area (Å²) >= 11 is 6.35. The van der Waals surface area contributed by atoms with Gasteiger partial charge in [-0.15, -0.1) is 0 Å². The average Bonchev–Trinajstić information content (AvgIpc) is 3.52. The first-order valence-corrected chi connectivity index (χ1v) is 11.7. The quantitative estimate of drug-likeness (QED) is 0.576. The van der Waals surface area contributed by atoms with Crippen LogP contribution in [0.5, 0.6) is 0 Å². The van der Waals surface area contributed by atoms with Crippen LogP contribution in [-0.2, 0) is 6.54 Å². The maximum absolute atomic E-state index is 14.7. The van der Waals surface area contributed by atoms with Crippen molar-refractivity contribution < 1.29 is 4.39 Å². The second-order valence-electron chi connectivity index (χ2n) is 9.07. The highest BCUT2D eigenvalue weighted by Gasteiger charge is 2.32. The predicted molar refractivity (Wildman–Crippen MR) is 123 cm³/mol. The van der Waals surface area contributed by atoms with E-state index in [2.05, 4.69) is 4.90 Å². The smallest absolute Gasteiger partial charge is 0.333 e. The van der Waals surface area contributed by atoms with Crippen LogP contribution in [0.15, 0.2) is 27.8 Å². The number of nitrogens with zero attached hydrogens (tertiary/aromatic N) is 5. The van der Waals surface area contributed by atoms with Crippen LogP contribution in [0, 0.1) is 5.82 Å². The summed E-state index contributed by atoms with van der Waals surface area (Å²) in [6.07, 6.45) is 4.80. The van der Waals surface area contributed by atoms with E-state index < -0.39 is 5.82 Å². The molecule has 0 spiro atoms. The molecule has 9 heteroatoms. The Morgan fingerprint density at radius 3 is 2.50 bits per heavy atom. The Labute approximate surface area is 190 Å². The van der Waals surface area contributed by atoms with E-state index in [4.69, 9.17) is 16.6 Å². The van der Waals surface area contributed by atoms with Crippen molar-refractivity contribution in [2.75, 3.05) is 18.0 Å². The molecule has 1 saturated heterocycles. The summed E-state index contributed by atoms with van der Waals surface area (Å²) in [4.78, 5) is 33.9. The summed E-state index contributed by atoms with van der Waals surface area (Å²) in [5.41, 5.74) is 0.336. The SMILES string of the molecule is CC(C)n1c(=O)n(C2CC2)c(=O)c2c1nc(N1CCCCC1)n2Cc1c(F)cccc1Cl. The molecule has 1 saturated carbocycles. The number of aromatic nitrogens is 4. The largest absolute Gasteiger partial charge is 0.342 e. The van der Waals surface area contributed by atoms with Gasteiger partial charge >= 0.3 is 5.69 Å². The van der Waals surface area contributed by atoms with Gasteiger partial charge in [-0.25, -0.2) is 9.18 Å². The first-order chi connectivity index (χ1) is 15.4. The van der Waals surface area contributed by atoms with Crippen LogP contribution >= 0.6 is 11.6 Å². The van der Waals surface area contributed by atoms with E-state index in [0.717, 1.165) is 45.2 Å². The van der Waals surface area contributed by atoms with E-state index in [1.807, 2.05) is 13.8 Å². The third-order valence-corrected chi connectivity index (χ3v) is 6.79. The van der Waals surface area contributed by atoms with Gasteiger partial charge in [-0.3, -0.25) is 18.5 Å². The van der Waals surface area contributed by atoms with Crippen molar-refractivity contribution in [2.45, 2.75) is 64.6 Å². The summed E-state index contributed by atoms with van der Waals surface area (Å²) in [7, 11) is 0. The van der Waals surface area contributed by atoms with Gasteiger partial charge in [0.2, 0.25) is 5.95 Å². The Morgan fingerprint density at radius 1 is 1.16 bits per heavy atom. The Balaban J connectivity index is 1.83. The summed E-state index contributed by atoms with van der Waals surface area (Å²) in [6.45, 7) is 5.50. The van der Waals surface area contributed by atoms with Gasteiger partial charge in [0.25, 0.3) is 5.56 Å². The standard InChI is InChI=1S/C23H27ClFN5O2/c1-14(2)29-20-19(21(31)30(23(29)32)15-9-10-15)28(13-16-17(24)7-6-8-18(16)25)22(26-20)27-11-4-3-5-12-27/h6-8,14-15H,3-5,9-13H2,1-2H3. The van der Waals surface area contributed by atoms with Crippen LogP contribution < -0.4 is 16.1 Å². The highest BCUT2D eigenvalue weighted by atomic mass is 35.5. The molecule has 2 aliphatic rings. The van der Waals surface area contributed by atoms with Gasteiger partial charge < -0.3 is 4.90 Å². The average molecular weight is 460 g/mol. The lowest BCUT2D eigenvalue weighted by Gasteiger charge is -2.28. The molecular formula is C23H27ClFN5O2. The van der Waals surface area contributed by atoms with E-state index in [1.54, 1.807) is 21.3 Å². The fourth-order valence-electron chi connectivity index (χ4n) is 4.66. The number of hydrogen-bond acceptors (Lipinski definition) is 4.